The molecule has 1 aliphatic rings. The summed E-state index contributed by atoms with van der Waals surface area (Å²) in [5.74, 6) is 0. The molecule has 1 aliphatic heterocycles. The lowest BCUT2D eigenvalue weighted by molar-refractivity contribution is -0.137. The van der Waals surface area contributed by atoms with Gasteiger partial charge in [0.2, 0.25) is 0 Å². The summed E-state index contributed by atoms with van der Waals surface area (Å²) in [6, 6.07) is 14.2. The Hall–Kier alpha value is -3.25. The Bertz CT molecular complexity index is 944. The summed E-state index contributed by atoms with van der Waals surface area (Å²) < 4.78 is 45.2. The van der Waals surface area contributed by atoms with Crippen molar-refractivity contribution in [1.82, 2.24) is 10.2 Å². The van der Waals surface area contributed by atoms with Crippen molar-refractivity contribution in [1.29, 1.82) is 5.26 Å². The van der Waals surface area contributed by atoms with Crippen LogP contribution in [0.2, 0.25) is 0 Å². The van der Waals surface area contributed by atoms with E-state index in [0.29, 0.717) is 31.9 Å². The predicted molar refractivity (Wildman–Crippen MR) is 109 cm³/mol. The number of nitriles is 1. The molecular weight excluding hydrogens is 409 g/mol. The molecule has 9 heteroatoms. The lowest BCUT2D eigenvalue weighted by Gasteiger charge is -2.42. The van der Waals surface area contributed by atoms with Crippen molar-refractivity contribution in [3.05, 3.63) is 65.2 Å². The summed E-state index contributed by atoms with van der Waals surface area (Å²) in [4.78, 5) is 16.2. The highest BCUT2D eigenvalue weighted by Crippen LogP contribution is 2.35. The molecule has 0 aliphatic carbocycles. The fourth-order valence-electron chi connectivity index (χ4n) is 3.63. The van der Waals surface area contributed by atoms with Crippen LogP contribution in [0.15, 0.2) is 48.5 Å². The zero-order valence-electron chi connectivity index (χ0n) is 17.0. The van der Waals surface area contributed by atoms with Gasteiger partial charge in [0.05, 0.1) is 29.8 Å². The van der Waals surface area contributed by atoms with E-state index in [4.69, 9.17) is 10.00 Å². The number of carbonyl (C=O) groups excluding carboxylic acids is 1. The highest BCUT2D eigenvalue weighted by molar-refractivity contribution is 5.75. The van der Waals surface area contributed by atoms with Gasteiger partial charge in [0, 0.05) is 39.0 Å². The number of anilines is 1. The van der Waals surface area contributed by atoms with E-state index >= 15 is 0 Å². The SMILES string of the molecule is COCC1CN(c2ccc(C#N)c(C(F)(F)F)c2)CCN1C(=O)NCc1ccccc1. The van der Waals surface area contributed by atoms with Crippen LogP contribution in [0, 0.1) is 11.3 Å². The van der Waals surface area contributed by atoms with Gasteiger partial charge in [-0.1, -0.05) is 30.3 Å². The first-order valence-corrected chi connectivity index (χ1v) is 9.77. The number of halogens is 3. The number of methoxy groups -OCH3 is 1. The number of alkyl halides is 3. The highest BCUT2D eigenvalue weighted by atomic mass is 19.4. The summed E-state index contributed by atoms with van der Waals surface area (Å²) in [6.45, 7) is 1.63. The summed E-state index contributed by atoms with van der Waals surface area (Å²) in [5.41, 5.74) is -0.0470. The summed E-state index contributed by atoms with van der Waals surface area (Å²) in [7, 11) is 1.52. The number of nitrogens with zero attached hydrogens (tertiary/aromatic N) is 3. The third kappa shape index (κ3) is 5.47. The molecule has 0 spiro atoms. The van der Waals surface area contributed by atoms with Crippen LogP contribution >= 0.6 is 0 Å². The summed E-state index contributed by atoms with van der Waals surface area (Å²) in [6.07, 6.45) is -4.62. The molecule has 1 fully saturated rings. The van der Waals surface area contributed by atoms with Gasteiger partial charge in [-0.15, -0.1) is 0 Å². The molecule has 2 amide bonds. The maximum atomic E-state index is 13.3. The van der Waals surface area contributed by atoms with Gasteiger partial charge in [-0.3, -0.25) is 0 Å². The molecule has 31 heavy (non-hydrogen) atoms. The molecular formula is C22H23F3N4O2. The second-order valence-electron chi connectivity index (χ2n) is 7.23. The minimum Gasteiger partial charge on any atom is -0.382 e. The van der Waals surface area contributed by atoms with Gasteiger partial charge in [0.25, 0.3) is 0 Å². The number of piperazine rings is 1. The van der Waals surface area contributed by atoms with E-state index in [9.17, 15) is 18.0 Å². The fraction of sp³-hybridized carbons (Fsp3) is 0.364. The first-order chi connectivity index (χ1) is 14.8. The Balaban J connectivity index is 1.72. The topological polar surface area (TPSA) is 68.6 Å². The molecule has 1 unspecified atom stereocenters. The number of nitrogens with one attached hydrogen (secondary N) is 1. The van der Waals surface area contributed by atoms with Crippen LogP contribution in [0.25, 0.3) is 0 Å². The van der Waals surface area contributed by atoms with Crippen LogP contribution in [0.4, 0.5) is 23.7 Å². The van der Waals surface area contributed by atoms with Crippen LogP contribution in [0.3, 0.4) is 0 Å². The number of amides is 2. The van der Waals surface area contributed by atoms with Crippen molar-refractivity contribution in [2.45, 2.75) is 18.8 Å². The number of hydrogen-bond donors (Lipinski definition) is 1. The Morgan fingerprint density at radius 2 is 1.97 bits per heavy atom. The first-order valence-electron chi connectivity index (χ1n) is 9.77. The molecule has 1 atom stereocenters. The smallest absolute Gasteiger partial charge is 0.382 e. The molecule has 6 nitrogen and oxygen atoms in total. The van der Waals surface area contributed by atoms with Crippen molar-refractivity contribution < 1.29 is 22.7 Å². The van der Waals surface area contributed by atoms with E-state index in [0.717, 1.165) is 11.6 Å². The van der Waals surface area contributed by atoms with Gasteiger partial charge in [-0.05, 0) is 23.8 Å². The zero-order chi connectivity index (χ0) is 22.4. The summed E-state index contributed by atoms with van der Waals surface area (Å²) >= 11 is 0. The van der Waals surface area contributed by atoms with E-state index in [1.165, 1.54) is 19.2 Å². The highest BCUT2D eigenvalue weighted by Gasteiger charge is 2.35. The monoisotopic (exact) mass is 432 g/mol. The molecule has 2 aromatic rings. The average Bonchev–Trinajstić information content (AvgIpc) is 2.77. The Labute approximate surface area is 178 Å². The zero-order valence-corrected chi connectivity index (χ0v) is 17.0. The minimum atomic E-state index is -4.62. The third-order valence-electron chi connectivity index (χ3n) is 5.18. The predicted octanol–water partition coefficient (Wildman–Crippen LogP) is 3.62. The minimum absolute atomic E-state index is 0.248. The van der Waals surface area contributed by atoms with E-state index < -0.39 is 17.3 Å². The molecule has 1 N–H and O–H groups in total. The molecule has 1 saturated heterocycles. The van der Waals surface area contributed by atoms with Gasteiger partial charge in [0.1, 0.15) is 0 Å². The fourth-order valence-corrected chi connectivity index (χ4v) is 3.63. The van der Waals surface area contributed by atoms with Crippen molar-refractivity contribution in [2.24, 2.45) is 0 Å². The molecule has 0 bridgehead atoms. The van der Waals surface area contributed by atoms with Crippen LogP contribution in [-0.4, -0.2) is 50.3 Å². The molecule has 0 saturated carbocycles. The number of hydrogen-bond acceptors (Lipinski definition) is 4. The Morgan fingerprint density at radius 1 is 1.23 bits per heavy atom. The lowest BCUT2D eigenvalue weighted by atomic mass is 10.1. The van der Waals surface area contributed by atoms with Crippen molar-refractivity contribution in [3.63, 3.8) is 0 Å². The van der Waals surface area contributed by atoms with Gasteiger partial charge in [0.15, 0.2) is 0 Å². The largest absolute Gasteiger partial charge is 0.417 e. The van der Waals surface area contributed by atoms with E-state index in [2.05, 4.69) is 5.32 Å². The van der Waals surface area contributed by atoms with Crippen molar-refractivity contribution in [3.8, 4) is 6.07 Å². The van der Waals surface area contributed by atoms with Gasteiger partial charge in [-0.2, -0.15) is 18.4 Å². The summed E-state index contributed by atoms with van der Waals surface area (Å²) in [5, 5.41) is 11.9. The molecule has 0 radical (unpaired) electrons. The third-order valence-corrected chi connectivity index (χ3v) is 5.18. The molecule has 0 aromatic heterocycles. The van der Waals surface area contributed by atoms with E-state index in [1.54, 1.807) is 15.9 Å². The number of ether oxygens (including phenoxy) is 1. The quantitative estimate of drug-likeness (QED) is 0.784. The van der Waals surface area contributed by atoms with Crippen molar-refractivity contribution >= 4 is 11.7 Å². The standard InChI is InChI=1S/C22H23F3N4O2/c1-31-15-19-14-28(18-8-7-17(12-26)20(11-18)22(23,24)25)9-10-29(19)21(30)27-13-16-5-3-2-4-6-16/h2-8,11,19H,9-10,13-15H2,1H3,(H,27,30). The van der Waals surface area contributed by atoms with Crippen LogP contribution < -0.4 is 10.2 Å². The Kier molecular flexibility index (Phi) is 7.02. The van der Waals surface area contributed by atoms with Gasteiger partial charge in [-0.25, -0.2) is 4.79 Å². The Morgan fingerprint density at radius 3 is 2.61 bits per heavy atom. The maximum Gasteiger partial charge on any atom is 0.417 e. The molecule has 2 aromatic carbocycles. The molecule has 164 valence electrons. The number of carbonyl (C=O) groups is 1. The normalized spacial score (nSPS) is 16.7. The van der Waals surface area contributed by atoms with Gasteiger partial charge < -0.3 is 19.9 Å². The van der Waals surface area contributed by atoms with Crippen molar-refractivity contribution in [2.75, 3.05) is 38.3 Å². The number of rotatable bonds is 5. The second kappa shape index (κ2) is 9.71. The maximum absolute atomic E-state index is 13.3. The van der Waals surface area contributed by atoms with Gasteiger partial charge >= 0.3 is 12.2 Å². The van der Waals surface area contributed by atoms with E-state index in [-0.39, 0.29) is 18.7 Å². The number of urea groups is 1. The van der Waals surface area contributed by atoms with Crippen LogP contribution in [-0.2, 0) is 17.5 Å². The molecule has 3 rings (SSSR count). The number of benzene rings is 2. The van der Waals surface area contributed by atoms with Crippen LogP contribution in [0.1, 0.15) is 16.7 Å². The second-order valence-corrected chi connectivity index (χ2v) is 7.23. The lowest BCUT2D eigenvalue weighted by Crippen LogP contribution is -2.59. The first kappa shape index (κ1) is 22.4. The molecule has 1 heterocycles. The van der Waals surface area contributed by atoms with Crippen LogP contribution in [0.5, 0.6) is 0 Å². The van der Waals surface area contributed by atoms with E-state index in [1.807, 2.05) is 30.3 Å². The average molecular weight is 432 g/mol.